The monoisotopic (exact) mass is 922 g/mol. The van der Waals surface area contributed by atoms with Crippen molar-refractivity contribution in [1.82, 2.24) is 0 Å². The zero-order chi connectivity index (χ0) is 48.6. The molecule has 338 valence electrons. The third-order valence-electron chi connectivity index (χ3n) is 10.8. The van der Waals surface area contributed by atoms with E-state index in [4.69, 9.17) is 20.0 Å². The molecule has 2 aliphatic rings. The van der Waals surface area contributed by atoms with E-state index in [-0.39, 0.29) is 0 Å². The molecule has 2 aliphatic heterocycles. The van der Waals surface area contributed by atoms with Crippen molar-refractivity contribution in [2.45, 2.75) is 0 Å². The largest absolute Gasteiger partial charge is 0.337 e. The van der Waals surface area contributed by atoms with E-state index in [1.54, 1.807) is 12.2 Å². The number of hydrogen-bond donors (Lipinski definition) is 4. The minimum atomic E-state index is 0.448. The highest BCUT2D eigenvalue weighted by atomic mass is 15.2. The summed E-state index contributed by atoms with van der Waals surface area (Å²) in [5, 5.41) is 13.8. The number of aliphatic imine (C=N–C) groups is 4. The van der Waals surface area contributed by atoms with E-state index in [0.29, 0.717) is 35.0 Å². The number of rotatable bonds is 5. The van der Waals surface area contributed by atoms with E-state index in [0.717, 1.165) is 67.3 Å². The first kappa shape index (κ1) is 45.2. The molecule has 0 fully saturated rings. The van der Waals surface area contributed by atoms with Gasteiger partial charge in [0, 0.05) is 67.3 Å². The zero-order valence-corrected chi connectivity index (χ0v) is 38.7. The van der Waals surface area contributed by atoms with E-state index in [1.807, 2.05) is 218 Å². The van der Waals surface area contributed by atoms with Crippen LogP contribution in [0.2, 0.25) is 0 Å². The number of nitrogens with one attached hydrogen (secondary N) is 4. The minimum absolute atomic E-state index is 0.448. The number of hydrogen-bond acceptors (Lipinski definition) is 8. The molecule has 8 aromatic carbocycles. The van der Waals surface area contributed by atoms with E-state index in [9.17, 15) is 0 Å². The number of allylic oxidation sites excluding steroid dienone is 2. The molecule has 0 bridgehead atoms. The molecule has 4 N–H and O–H groups in total. The molecular formula is C64H42N8. The molecule has 10 rings (SSSR count). The van der Waals surface area contributed by atoms with Gasteiger partial charge in [0.1, 0.15) is 0 Å². The van der Waals surface area contributed by atoms with Crippen molar-refractivity contribution in [3.8, 4) is 47.4 Å². The molecule has 0 aromatic heterocycles. The van der Waals surface area contributed by atoms with Crippen molar-refractivity contribution in [3.63, 3.8) is 0 Å². The van der Waals surface area contributed by atoms with Crippen molar-refractivity contribution in [1.29, 1.82) is 0 Å². The van der Waals surface area contributed by atoms with Crippen LogP contribution in [0.1, 0.15) is 44.5 Å². The summed E-state index contributed by atoms with van der Waals surface area (Å²) in [4.78, 5) is 19.7. The summed E-state index contributed by atoms with van der Waals surface area (Å²) in [6.45, 7) is 0. The lowest BCUT2D eigenvalue weighted by Crippen LogP contribution is -2.27. The Labute approximate surface area is 419 Å². The second-order valence-electron chi connectivity index (χ2n) is 16.2. The highest BCUT2D eigenvalue weighted by Crippen LogP contribution is 2.21. The summed E-state index contributed by atoms with van der Waals surface area (Å²) in [6.07, 6.45) is 3.59. The Hall–Kier alpha value is -10.6. The number of benzene rings is 8. The SMILES string of the molecule is C(#Cc1ccc(NC2=NC(=CC=C3N=C(Nc4ccc(C#Cc5ccccc5)cc4)C(Nc4ccc(C#Cc5ccccc5)cc4)=N3)N=C2Nc2ccc(C#Cc3ccccc3)cc2)cc1)c1ccccc1. The lowest BCUT2D eigenvalue weighted by atomic mass is 10.1. The molecule has 8 heteroatoms. The van der Waals surface area contributed by atoms with Crippen LogP contribution in [-0.2, 0) is 0 Å². The van der Waals surface area contributed by atoms with Gasteiger partial charge in [0.15, 0.2) is 35.0 Å². The average molecular weight is 923 g/mol. The lowest BCUT2D eigenvalue weighted by Gasteiger charge is -2.11. The van der Waals surface area contributed by atoms with Crippen LogP contribution in [0.4, 0.5) is 22.7 Å². The molecule has 8 aromatic rings. The Morgan fingerprint density at radius 3 is 0.597 bits per heavy atom. The molecule has 0 amide bonds. The van der Waals surface area contributed by atoms with Gasteiger partial charge in [-0.25, -0.2) is 20.0 Å². The lowest BCUT2D eigenvalue weighted by molar-refractivity contribution is 1.24. The van der Waals surface area contributed by atoms with Gasteiger partial charge >= 0.3 is 0 Å². The molecule has 0 atom stereocenters. The molecule has 0 aliphatic carbocycles. The summed E-state index contributed by atoms with van der Waals surface area (Å²) in [5.41, 5.74) is 10.7. The fourth-order valence-corrected chi connectivity index (χ4v) is 7.12. The fraction of sp³-hybridized carbons (Fsp3) is 0. The summed E-state index contributed by atoms with van der Waals surface area (Å²) >= 11 is 0. The van der Waals surface area contributed by atoms with Gasteiger partial charge in [-0.1, -0.05) is 120 Å². The Morgan fingerprint density at radius 2 is 0.403 bits per heavy atom. The van der Waals surface area contributed by atoms with Crippen LogP contribution in [0, 0.1) is 47.4 Å². The van der Waals surface area contributed by atoms with Crippen molar-refractivity contribution in [2.24, 2.45) is 20.0 Å². The Morgan fingerprint density at radius 1 is 0.222 bits per heavy atom. The van der Waals surface area contributed by atoms with Crippen LogP contribution >= 0.6 is 0 Å². The Kier molecular flexibility index (Phi) is 14.1. The van der Waals surface area contributed by atoms with Crippen LogP contribution in [0.25, 0.3) is 0 Å². The average Bonchev–Trinajstić information content (AvgIpc) is 4.01. The highest BCUT2D eigenvalue weighted by Gasteiger charge is 2.20. The molecule has 0 radical (unpaired) electrons. The number of amidine groups is 4. The van der Waals surface area contributed by atoms with Crippen LogP contribution in [0.15, 0.2) is 262 Å². The number of anilines is 4. The molecule has 8 nitrogen and oxygen atoms in total. The van der Waals surface area contributed by atoms with Crippen LogP contribution in [-0.4, -0.2) is 23.3 Å². The molecule has 0 saturated heterocycles. The smallest absolute Gasteiger partial charge is 0.176 e. The van der Waals surface area contributed by atoms with Gasteiger partial charge in [-0.3, -0.25) is 0 Å². The quantitative estimate of drug-likeness (QED) is 0.129. The zero-order valence-electron chi connectivity index (χ0n) is 38.7. The first-order chi connectivity index (χ1) is 35.6. The summed E-state index contributed by atoms with van der Waals surface area (Å²) in [7, 11) is 0. The van der Waals surface area contributed by atoms with Gasteiger partial charge in [-0.05, 0) is 158 Å². The van der Waals surface area contributed by atoms with Crippen LogP contribution in [0.3, 0.4) is 0 Å². The minimum Gasteiger partial charge on any atom is -0.337 e. The second-order valence-corrected chi connectivity index (χ2v) is 16.2. The predicted molar refractivity (Wildman–Crippen MR) is 296 cm³/mol. The van der Waals surface area contributed by atoms with Gasteiger partial charge in [-0.2, -0.15) is 0 Å². The summed E-state index contributed by atoms with van der Waals surface area (Å²) < 4.78 is 0. The molecular weight excluding hydrogens is 881 g/mol. The predicted octanol–water partition coefficient (Wildman–Crippen LogP) is 12.3. The highest BCUT2D eigenvalue weighted by molar-refractivity contribution is 6.50. The Balaban J connectivity index is 0.914. The fourth-order valence-electron chi connectivity index (χ4n) is 7.12. The molecule has 2 heterocycles. The second kappa shape index (κ2) is 22.4. The van der Waals surface area contributed by atoms with E-state index >= 15 is 0 Å². The van der Waals surface area contributed by atoms with E-state index < -0.39 is 0 Å². The van der Waals surface area contributed by atoms with E-state index in [1.165, 1.54) is 0 Å². The van der Waals surface area contributed by atoms with Crippen LogP contribution < -0.4 is 21.3 Å². The molecule has 0 saturated carbocycles. The van der Waals surface area contributed by atoms with Crippen molar-refractivity contribution >= 4 is 46.1 Å². The van der Waals surface area contributed by atoms with E-state index in [2.05, 4.69) is 68.6 Å². The van der Waals surface area contributed by atoms with Crippen molar-refractivity contribution in [3.05, 3.63) is 287 Å². The van der Waals surface area contributed by atoms with Crippen molar-refractivity contribution in [2.75, 3.05) is 21.3 Å². The van der Waals surface area contributed by atoms with Gasteiger partial charge in [0.05, 0.1) is 0 Å². The maximum atomic E-state index is 4.91. The van der Waals surface area contributed by atoms with Crippen molar-refractivity contribution < 1.29 is 0 Å². The Bertz CT molecular complexity index is 3190. The maximum absolute atomic E-state index is 4.91. The molecule has 0 unspecified atom stereocenters. The van der Waals surface area contributed by atoms with Gasteiger partial charge < -0.3 is 21.3 Å². The first-order valence-corrected chi connectivity index (χ1v) is 23.1. The third-order valence-corrected chi connectivity index (χ3v) is 10.8. The molecule has 72 heavy (non-hydrogen) atoms. The summed E-state index contributed by atoms with van der Waals surface area (Å²) in [6, 6.07) is 71.3. The van der Waals surface area contributed by atoms with Gasteiger partial charge in [0.2, 0.25) is 0 Å². The van der Waals surface area contributed by atoms with Gasteiger partial charge in [0.25, 0.3) is 0 Å². The number of nitrogens with zero attached hydrogens (tertiary/aromatic N) is 4. The normalized spacial score (nSPS) is 12.0. The summed E-state index contributed by atoms with van der Waals surface area (Å²) in [5.74, 6) is 28.9. The van der Waals surface area contributed by atoms with Gasteiger partial charge in [-0.15, -0.1) is 0 Å². The maximum Gasteiger partial charge on any atom is 0.176 e. The van der Waals surface area contributed by atoms with Crippen LogP contribution in [0.5, 0.6) is 0 Å². The third kappa shape index (κ3) is 12.7. The standard InChI is InChI=1S/C64H42N8/c1-5-13-47(14-6-1)21-25-51-29-37-55(38-30-51)65-61-62(66-56-39-31-52(32-40-56)26-22-48-15-7-2-8-16-48)70-59(69-61)45-46-60-71-63(67-57-41-33-53(34-42-57)27-23-49-17-9-3-10-18-49)64(72-60)68-58-43-35-54(36-44-58)28-24-50-19-11-4-12-20-50/h1-20,29-46H,(H,65,69)(H,66,70)(H,67,71)(H,68,72). The molecule has 0 spiro atoms. The topological polar surface area (TPSA) is 97.6 Å². The first-order valence-electron chi connectivity index (χ1n) is 23.1.